The smallest absolute Gasteiger partial charge is 0.120 e. The minimum atomic E-state index is 0.302. The van der Waals surface area contributed by atoms with Gasteiger partial charge in [0.15, 0.2) is 0 Å². The molecule has 1 aromatic heterocycles. The largest absolute Gasteiger partial charge is 0.341 e. The van der Waals surface area contributed by atoms with Crippen LogP contribution in [0.5, 0.6) is 0 Å². The third-order valence-corrected chi connectivity index (χ3v) is 3.59. The highest BCUT2D eigenvalue weighted by atomic mass is 15.0. The van der Waals surface area contributed by atoms with Gasteiger partial charge in [-0.05, 0) is 18.1 Å². The maximum Gasteiger partial charge on any atom is 0.120 e. The Kier molecular flexibility index (Phi) is 4.12. The van der Waals surface area contributed by atoms with Gasteiger partial charge in [0.25, 0.3) is 0 Å². The van der Waals surface area contributed by atoms with Crippen molar-refractivity contribution in [2.45, 2.75) is 19.5 Å². The molecule has 0 saturated carbocycles. The van der Waals surface area contributed by atoms with Gasteiger partial charge in [-0.3, -0.25) is 0 Å². The van der Waals surface area contributed by atoms with E-state index in [4.69, 9.17) is 0 Å². The Morgan fingerprint density at radius 2 is 1.67 bits per heavy atom. The van der Waals surface area contributed by atoms with Gasteiger partial charge in [0.05, 0.1) is 18.4 Å². The molecule has 0 radical (unpaired) electrons. The highest BCUT2D eigenvalue weighted by Crippen LogP contribution is 2.17. The first kappa shape index (κ1) is 13.6. The second-order valence-electron chi connectivity index (χ2n) is 5.12. The predicted octanol–water partition coefficient (Wildman–Crippen LogP) is 3.93. The maximum atomic E-state index is 4.44. The van der Waals surface area contributed by atoms with Crippen molar-refractivity contribution >= 4 is 0 Å². The third kappa shape index (κ3) is 3.38. The molecule has 0 spiro atoms. The van der Waals surface area contributed by atoms with Gasteiger partial charge in [-0.2, -0.15) is 0 Å². The summed E-state index contributed by atoms with van der Waals surface area (Å²) in [5.74, 6) is 0.955. The lowest BCUT2D eigenvalue weighted by atomic mass is 10.1. The van der Waals surface area contributed by atoms with Crippen molar-refractivity contribution < 1.29 is 0 Å². The van der Waals surface area contributed by atoms with E-state index in [-0.39, 0.29) is 0 Å². The number of aromatic amines is 1. The Bertz CT molecular complexity index is 674. The molecule has 0 unspecified atom stereocenters. The molecule has 1 atom stereocenters. The van der Waals surface area contributed by atoms with Gasteiger partial charge >= 0.3 is 0 Å². The lowest BCUT2D eigenvalue weighted by molar-refractivity contribution is 0.562. The fourth-order valence-corrected chi connectivity index (χ4v) is 2.33. The Labute approximate surface area is 125 Å². The van der Waals surface area contributed by atoms with Crippen LogP contribution in [0.2, 0.25) is 0 Å². The summed E-state index contributed by atoms with van der Waals surface area (Å²) in [4.78, 5) is 7.80. The van der Waals surface area contributed by atoms with Gasteiger partial charge in [0, 0.05) is 6.04 Å². The van der Waals surface area contributed by atoms with Gasteiger partial charge < -0.3 is 10.3 Å². The van der Waals surface area contributed by atoms with E-state index < -0.39 is 0 Å². The highest BCUT2D eigenvalue weighted by molar-refractivity contribution is 5.57. The van der Waals surface area contributed by atoms with Gasteiger partial charge in [-0.1, -0.05) is 60.7 Å². The summed E-state index contributed by atoms with van der Waals surface area (Å²) in [6, 6.07) is 21.0. The first-order chi connectivity index (χ1) is 10.3. The van der Waals surface area contributed by atoms with Crippen molar-refractivity contribution in [3.05, 3.63) is 78.2 Å². The number of hydrogen-bond donors (Lipinski definition) is 2. The van der Waals surface area contributed by atoms with Gasteiger partial charge in [0.2, 0.25) is 0 Å². The maximum absolute atomic E-state index is 4.44. The van der Waals surface area contributed by atoms with E-state index in [9.17, 15) is 0 Å². The summed E-state index contributed by atoms with van der Waals surface area (Å²) in [5.41, 5.74) is 3.50. The monoisotopic (exact) mass is 277 g/mol. The molecule has 3 aromatic rings. The zero-order valence-electron chi connectivity index (χ0n) is 12.1. The molecule has 0 bridgehead atoms. The first-order valence-corrected chi connectivity index (χ1v) is 7.20. The summed E-state index contributed by atoms with van der Waals surface area (Å²) < 4.78 is 0. The molecule has 1 heterocycles. The zero-order valence-corrected chi connectivity index (χ0v) is 12.1. The summed E-state index contributed by atoms with van der Waals surface area (Å²) in [5, 5.41) is 3.49. The standard InChI is InChI=1S/C18H19N3/c1-14(15-8-4-2-5-9-15)19-13-18-20-12-17(21-18)16-10-6-3-7-11-16/h2-12,14,19H,13H2,1H3,(H,20,21)/t14-/m1/s1. The Hall–Kier alpha value is -2.39. The molecule has 3 heteroatoms. The van der Waals surface area contributed by atoms with Crippen LogP contribution >= 0.6 is 0 Å². The summed E-state index contributed by atoms with van der Waals surface area (Å²) in [7, 11) is 0. The minimum Gasteiger partial charge on any atom is -0.341 e. The molecule has 0 saturated heterocycles. The SMILES string of the molecule is C[C@@H](NCc1ncc(-c2ccccc2)[nH]1)c1ccccc1. The molecular formula is C18H19N3. The van der Waals surface area contributed by atoms with E-state index in [1.807, 2.05) is 30.5 Å². The van der Waals surface area contributed by atoms with E-state index in [2.05, 4.69) is 58.6 Å². The van der Waals surface area contributed by atoms with Crippen LogP contribution < -0.4 is 5.32 Å². The van der Waals surface area contributed by atoms with Crippen LogP contribution in [-0.2, 0) is 6.54 Å². The number of aromatic nitrogens is 2. The quantitative estimate of drug-likeness (QED) is 0.742. The Morgan fingerprint density at radius 3 is 2.38 bits per heavy atom. The normalized spacial score (nSPS) is 12.2. The molecule has 0 aliphatic carbocycles. The lowest BCUT2D eigenvalue weighted by Crippen LogP contribution is -2.18. The van der Waals surface area contributed by atoms with Crippen molar-refractivity contribution in [3.8, 4) is 11.3 Å². The second-order valence-corrected chi connectivity index (χ2v) is 5.12. The molecule has 3 rings (SSSR count). The Balaban J connectivity index is 1.63. The summed E-state index contributed by atoms with van der Waals surface area (Å²) in [6.45, 7) is 2.89. The fraction of sp³-hybridized carbons (Fsp3) is 0.167. The number of hydrogen-bond acceptors (Lipinski definition) is 2. The van der Waals surface area contributed by atoms with Crippen molar-refractivity contribution in [1.29, 1.82) is 0 Å². The first-order valence-electron chi connectivity index (χ1n) is 7.20. The van der Waals surface area contributed by atoms with Crippen molar-refractivity contribution in [3.63, 3.8) is 0 Å². The van der Waals surface area contributed by atoms with E-state index in [0.29, 0.717) is 6.04 Å². The van der Waals surface area contributed by atoms with Gasteiger partial charge in [-0.25, -0.2) is 4.98 Å². The molecule has 2 N–H and O–H groups in total. The van der Waals surface area contributed by atoms with E-state index in [1.165, 1.54) is 5.56 Å². The lowest BCUT2D eigenvalue weighted by Gasteiger charge is -2.12. The zero-order chi connectivity index (χ0) is 14.5. The van der Waals surface area contributed by atoms with Crippen LogP contribution in [-0.4, -0.2) is 9.97 Å². The fourth-order valence-electron chi connectivity index (χ4n) is 2.33. The van der Waals surface area contributed by atoms with Gasteiger partial charge in [-0.15, -0.1) is 0 Å². The predicted molar refractivity (Wildman–Crippen MR) is 85.7 cm³/mol. The van der Waals surface area contributed by atoms with Crippen LogP contribution in [0, 0.1) is 0 Å². The van der Waals surface area contributed by atoms with Crippen molar-refractivity contribution in [1.82, 2.24) is 15.3 Å². The summed E-state index contributed by atoms with van der Waals surface area (Å²) >= 11 is 0. The van der Waals surface area contributed by atoms with E-state index in [0.717, 1.165) is 23.6 Å². The van der Waals surface area contributed by atoms with E-state index >= 15 is 0 Å². The summed E-state index contributed by atoms with van der Waals surface area (Å²) in [6.07, 6.45) is 1.89. The van der Waals surface area contributed by atoms with E-state index in [1.54, 1.807) is 0 Å². The highest BCUT2D eigenvalue weighted by Gasteiger charge is 2.06. The van der Waals surface area contributed by atoms with Crippen LogP contribution in [0.4, 0.5) is 0 Å². The van der Waals surface area contributed by atoms with Crippen LogP contribution in [0.1, 0.15) is 24.4 Å². The molecular weight excluding hydrogens is 258 g/mol. The molecule has 0 amide bonds. The van der Waals surface area contributed by atoms with Crippen LogP contribution in [0.15, 0.2) is 66.9 Å². The molecule has 0 fully saturated rings. The third-order valence-electron chi connectivity index (χ3n) is 3.59. The number of imidazole rings is 1. The van der Waals surface area contributed by atoms with Crippen LogP contribution in [0.25, 0.3) is 11.3 Å². The molecule has 21 heavy (non-hydrogen) atoms. The average Bonchev–Trinajstić information content (AvgIpc) is 3.03. The number of nitrogens with zero attached hydrogens (tertiary/aromatic N) is 1. The number of rotatable bonds is 5. The Morgan fingerprint density at radius 1 is 1.00 bits per heavy atom. The molecule has 3 nitrogen and oxygen atoms in total. The van der Waals surface area contributed by atoms with Crippen molar-refractivity contribution in [2.75, 3.05) is 0 Å². The van der Waals surface area contributed by atoms with Gasteiger partial charge in [0.1, 0.15) is 5.82 Å². The minimum absolute atomic E-state index is 0.302. The number of H-pyrrole nitrogens is 1. The average molecular weight is 277 g/mol. The molecule has 0 aliphatic rings. The topological polar surface area (TPSA) is 40.7 Å². The van der Waals surface area contributed by atoms with Crippen LogP contribution in [0.3, 0.4) is 0 Å². The molecule has 2 aromatic carbocycles. The van der Waals surface area contributed by atoms with Crippen molar-refractivity contribution in [2.24, 2.45) is 0 Å². The number of benzene rings is 2. The molecule has 0 aliphatic heterocycles. The molecule has 106 valence electrons. The number of nitrogens with one attached hydrogen (secondary N) is 2. The second kappa shape index (κ2) is 6.37.